The van der Waals surface area contributed by atoms with E-state index in [9.17, 15) is 0 Å². The highest BCUT2D eigenvalue weighted by Crippen LogP contribution is 2.18. The summed E-state index contributed by atoms with van der Waals surface area (Å²) in [6, 6.07) is 14.4. The van der Waals surface area contributed by atoms with Gasteiger partial charge in [0.15, 0.2) is 5.65 Å². The highest BCUT2D eigenvalue weighted by Gasteiger charge is 2.10. The van der Waals surface area contributed by atoms with E-state index >= 15 is 0 Å². The first-order valence-electron chi connectivity index (χ1n) is 8.51. The summed E-state index contributed by atoms with van der Waals surface area (Å²) >= 11 is 0. The molecule has 1 aromatic carbocycles. The molecule has 0 amide bonds. The SMILES string of the molecule is Cc1nc2ccc(CCc3nc(-c4ccccc4)cn3C)nn2c1C. The Kier molecular flexibility index (Phi) is 3.84. The third-order valence-electron chi connectivity index (χ3n) is 4.64. The van der Waals surface area contributed by atoms with Crippen molar-refractivity contribution >= 4 is 5.65 Å². The van der Waals surface area contributed by atoms with Crippen LogP contribution < -0.4 is 0 Å². The van der Waals surface area contributed by atoms with Crippen molar-refractivity contribution in [1.82, 2.24) is 24.1 Å². The molecule has 3 aromatic heterocycles. The van der Waals surface area contributed by atoms with Crippen molar-refractivity contribution in [3.05, 3.63) is 71.6 Å². The van der Waals surface area contributed by atoms with Crippen molar-refractivity contribution in [1.29, 1.82) is 0 Å². The Morgan fingerprint density at radius 3 is 2.52 bits per heavy atom. The molecule has 0 saturated carbocycles. The van der Waals surface area contributed by atoms with Crippen LogP contribution >= 0.6 is 0 Å². The fourth-order valence-electron chi connectivity index (χ4n) is 3.05. The lowest BCUT2D eigenvalue weighted by Crippen LogP contribution is -2.04. The number of rotatable bonds is 4. The molecule has 4 aromatic rings. The van der Waals surface area contributed by atoms with Crippen LogP contribution in [0.25, 0.3) is 16.9 Å². The summed E-state index contributed by atoms with van der Waals surface area (Å²) in [5.41, 5.74) is 6.25. The molecule has 0 fully saturated rings. The lowest BCUT2D eigenvalue weighted by molar-refractivity contribution is 0.741. The maximum Gasteiger partial charge on any atom is 0.154 e. The molecule has 0 bridgehead atoms. The van der Waals surface area contributed by atoms with Gasteiger partial charge in [-0.3, -0.25) is 0 Å². The van der Waals surface area contributed by atoms with Gasteiger partial charge in [-0.05, 0) is 32.4 Å². The molecule has 0 aliphatic rings. The molecule has 0 N–H and O–H groups in total. The number of aromatic nitrogens is 5. The van der Waals surface area contributed by atoms with Crippen LogP contribution in [0.2, 0.25) is 0 Å². The number of hydrogen-bond acceptors (Lipinski definition) is 3. The molecule has 3 heterocycles. The zero-order valence-corrected chi connectivity index (χ0v) is 14.8. The second-order valence-electron chi connectivity index (χ2n) is 6.40. The summed E-state index contributed by atoms with van der Waals surface area (Å²) < 4.78 is 4.03. The molecule has 0 saturated heterocycles. The molecule has 5 nitrogen and oxygen atoms in total. The first kappa shape index (κ1) is 15.6. The Balaban J connectivity index is 1.55. The van der Waals surface area contributed by atoms with Gasteiger partial charge >= 0.3 is 0 Å². The number of aryl methyl sites for hydroxylation is 5. The average Bonchev–Trinajstić information content (AvgIpc) is 3.14. The number of nitrogens with zero attached hydrogens (tertiary/aromatic N) is 5. The Labute approximate surface area is 147 Å². The van der Waals surface area contributed by atoms with E-state index in [0.717, 1.165) is 52.7 Å². The number of imidazole rings is 2. The second kappa shape index (κ2) is 6.16. The normalized spacial score (nSPS) is 11.3. The van der Waals surface area contributed by atoms with Crippen LogP contribution in [0.1, 0.15) is 22.9 Å². The Bertz CT molecular complexity index is 1030. The summed E-state index contributed by atoms with van der Waals surface area (Å²) in [7, 11) is 2.05. The standard InChI is InChI=1S/C20H21N5/c1-14-15(2)25-20(21-14)12-10-17(23-25)9-11-19-22-18(13-24(19)3)16-7-5-4-6-8-16/h4-8,10,12-13H,9,11H2,1-3H3. The summed E-state index contributed by atoms with van der Waals surface area (Å²) in [6.45, 7) is 4.07. The third-order valence-corrected chi connectivity index (χ3v) is 4.64. The third kappa shape index (κ3) is 2.93. The maximum atomic E-state index is 4.80. The van der Waals surface area contributed by atoms with Gasteiger partial charge in [-0.15, -0.1) is 0 Å². The molecule has 0 atom stereocenters. The topological polar surface area (TPSA) is 48.0 Å². The number of fused-ring (bicyclic) bond motifs is 1. The summed E-state index contributed by atoms with van der Waals surface area (Å²) in [5.74, 6) is 1.07. The monoisotopic (exact) mass is 331 g/mol. The molecule has 0 unspecified atom stereocenters. The van der Waals surface area contributed by atoms with Crippen LogP contribution in [0, 0.1) is 13.8 Å². The van der Waals surface area contributed by atoms with Crippen LogP contribution in [0.3, 0.4) is 0 Å². The number of hydrogen-bond donors (Lipinski definition) is 0. The Morgan fingerprint density at radius 1 is 0.920 bits per heavy atom. The van der Waals surface area contributed by atoms with E-state index in [1.54, 1.807) is 0 Å². The summed E-state index contributed by atoms with van der Waals surface area (Å²) in [5, 5.41) is 4.72. The van der Waals surface area contributed by atoms with Gasteiger partial charge in [0, 0.05) is 25.2 Å². The maximum absolute atomic E-state index is 4.80. The fraction of sp³-hybridized carbons (Fsp3) is 0.250. The number of benzene rings is 1. The minimum absolute atomic E-state index is 0.853. The molecular weight excluding hydrogens is 310 g/mol. The van der Waals surface area contributed by atoms with Gasteiger partial charge in [0.25, 0.3) is 0 Å². The minimum Gasteiger partial charge on any atom is -0.337 e. The van der Waals surface area contributed by atoms with E-state index in [-0.39, 0.29) is 0 Å². The van der Waals surface area contributed by atoms with E-state index in [2.05, 4.69) is 47.9 Å². The van der Waals surface area contributed by atoms with E-state index in [4.69, 9.17) is 10.1 Å². The van der Waals surface area contributed by atoms with Gasteiger partial charge in [0.1, 0.15) is 5.82 Å². The fourth-order valence-corrected chi connectivity index (χ4v) is 3.05. The van der Waals surface area contributed by atoms with Crippen molar-refractivity contribution in [3.63, 3.8) is 0 Å². The van der Waals surface area contributed by atoms with Crippen molar-refractivity contribution in [2.45, 2.75) is 26.7 Å². The zero-order valence-electron chi connectivity index (χ0n) is 14.8. The summed E-state index contributed by atoms with van der Waals surface area (Å²) in [4.78, 5) is 9.30. The van der Waals surface area contributed by atoms with Crippen LogP contribution in [-0.2, 0) is 19.9 Å². The summed E-state index contributed by atoms with van der Waals surface area (Å²) in [6.07, 6.45) is 3.80. The molecular formula is C20H21N5. The molecule has 5 heteroatoms. The molecule has 126 valence electrons. The second-order valence-corrected chi connectivity index (χ2v) is 6.40. The van der Waals surface area contributed by atoms with Gasteiger partial charge in [0.2, 0.25) is 0 Å². The van der Waals surface area contributed by atoms with Crippen molar-refractivity contribution in [2.24, 2.45) is 7.05 Å². The van der Waals surface area contributed by atoms with Gasteiger partial charge < -0.3 is 4.57 Å². The van der Waals surface area contributed by atoms with E-state index in [0.29, 0.717) is 0 Å². The molecule has 0 aliphatic heterocycles. The van der Waals surface area contributed by atoms with Gasteiger partial charge in [-0.25, -0.2) is 14.5 Å². The first-order chi connectivity index (χ1) is 12.1. The van der Waals surface area contributed by atoms with Crippen LogP contribution in [0.4, 0.5) is 0 Å². The van der Waals surface area contributed by atoms with Crippen molar-refractivity contribution in [2.75, 3.05) is 0 Å². The Morgan fingerprint density at radius 2 is 1.72 bits per heavy atom. The van der Waals surface area contributed by atoms with Crippen LogP contribution in [0.5, 0.6) is 0 Å². The van der Waals surface area contributed by atoms with E-state index in [1.807, 2.05) is 35.7 Å². The van der Waals surface area contributed by atoms with E-state index < -0.39 is 0 Å². The van der Waals surface area contributed by atoms with Crippen LogP contribution in [-0.4, -0.2) is 24.1 Å². The van der Waals surface area contributed by atoms with Crippen molar-refractivity contribution in [3.8, 4) is 11.3 Å². The Hall–Kier alpha value is -2.95. The molecule has 0 spiro atoms. The molecule has 25 heavy (non-hydrogen) atoms. The highest BCUT2D eigenvalue weighted by atomic mass is 15.3. The predicted molar refractivity (Wildman–Crippen MR) is 98.5 cm³/mol. The largest absolute Gasteiger partial charge is 0.337 e. The van der Waals surface area contributed by atoms with Gasteiger partial charge in [-0.2, -0.15) is 5.10 Å². The molecule has 4 rings (SSSR count). The van der Waals surface area contributed by atoms with Gasteiger partial charge in [0.05, 0.1) is 22.8 Å². The smallest absolute Gasteiger partial charge is 0.154 e. The highest BCUT2D eigenvalue weighted by molar-refractivity contribution is 5.58. The quantitative estimate of drug-likeness (QED) is 0.575. The predicted octanol–water partition coefficient (Wildman–Crippen LogP) is 3.53. The van der Waals surface area contributed by atoms with Gasteiger partial charge in [-0.1, -0.05) is 30.3 Å². The minimum atomic E-state index is 0.853. The zero-order chi connectivity index (χ0) is 17.4. The average molecular weight is 331 g/mol. The van der Waals surface area contributed by atoms with E-state index in [1.165, 1.54) is 0 Å². The molecule has 0 radical (unpaired) electrons. The first-order valence-corrected chi connectivity index (χ1v) is 8.51. The van der Waals surface area contributed by atoms with Crippen LogP contribution in [0.15, 0.2) is 48.7 Å². The van der Waals surface area contributed by atoms with Crippen molar-refractivity contribution < 1.29 is 0 Å². The lowest BCUT2D eigenvalue weighted by atomic mass is 10.2. The lowest BCUT2D eigenvalue weighted by Gasteiger charge is -2.03. The molecule has 0 aliphatic carbocycles.